The minimum atomic E-state index is -0.658. The Morgan fingerprint density at radius 3 is 2.61 bits per heavy atom. The van der Waals surface area contributed by atoms with Gasteiger partial charge >= 0.3 is 6.09 Å². The third-order valence-electron chi connectivity index (χ3n) is 6.01. The molecule has 2 aliphatic rings. The Morgan fingerprint density at radius 2 is 1.96 bits per heavy atom. The van der Waals surface area contributed by atoms with Crippen molar-refractivity contribution in [1.29, 1.82) is 0 Å². The summed E-state index contributed by atoms with van der Waals surface area (Å²) in [5, 5.41) is 8.57. The molecule has 1 aliphatic carbocycles. The van der Waals surface area contributed by atoms with E-state index in [4.69, 9.17) is 4.74 Å². The molecule has 1 saturated heterocycles. The van der Waals surface area contributed by atoms with E-state index in [0.717, 1.165) is 24.1 Å². The fourth-order valence-electron chi connectivity index (χ4n) is 4.22. The van der Waals surface area contributed by atoms with Crippen molar-refractivity contribution in [3.05, 3.63) is 47.2 Å². The van der Waals surface area contributed by atoms with Crippen LogP contribution >= 0.6 is 0 Å². The van der Waals surface area contributed by atoms with Crippen molar-refractivity contribution >= 4 is 6.09 Å². The molecule has 148 valence electrons. The third-order valence-corrected chi connectivity index (χ3v) is 6.01. The van der Waals surface area contributed by atoms with Crippen LogP contribution in [0, 0.1) is 11.6 Å². The van der Waals surface area contributed by atoms with E-state index in [1.165, 1.54) is 18.2 Å². The van der Waals surface area contributed by atoms with Crippen molar-refractivity contribution in [3.8, 4) is 11.3 Å². The van der Waals surface area contributed by atoms with Gasteiger partial charge in [0.1, 0.15) is 18.2 Å². The molecule has 0 unspecified atom stereocenters. The molecule has 1 amide bonds. The van der Waals surface area contributed by atoms with E-state index >= 15 is 0 Å². The summed E-state index contributed by atoms with van der Waals surface area (Å²) in [5.74, 6) is -1.13. The number of nitrogens with zero attached hydrogens (tertiary/aromatic N) is 3. The number of hydrogen-bond donors (Lipinski definition) is 0. The summed E-state index contributed by atoms with van der Waals surface area (Å²) < 4.78 is 33.6. The fourth-order valence-corrected chi connectivity index (χ4v) is 4.22. The Bertz CT molecular complexity index is 916. The standard InChI is InChI=1S/C21H23F2N3O2/c1-12-7-8-21(3,11-26-13(2)10-28-20(26)27)19-14(12)9-17(24-25-19)18-15(22)5-4-6-16(18)23/h4-6,9,12-13H,7-8,10-11H2,1-3H3/t12-,13+,21+/m0/s1. The maximum absolute atomic E-state index is 14.2. The monoisotopic (exact) mass is 387 g/mol. The highest BCUT2D eigenvalue weighted by Gasteiger charge is 2.42. The van der Waals surface area contributed by atoms with Gasteiger partial charge in [-0.15, -0.1) is 0 Å². The lowest BCUT2D eigenvalue weighted by Gasteiger charge is -2.39. The Kier molecular flexibility index (Phi) is 4.56. The number of carbonyl (C=O) groups excluding carboxylic acids is 1. The van der Waals surface area contributed by atoms with Crippen LogP contribution in [0.4, 0.5) is 13.6 Å². The number of fused-ring (bicyclic) bond motifs is 1. The molecule has 4 rings (SSSR count). The van der Waals surface area contributed by atoms with Gasteiger partial charge in [-0.25, -0.2) is 13.6 Å². The Balaban J connectivity index is 1.75. The normalized spacial score (nSPS) is 26.9. The number of aromatic nitrogens is 2. The first-order chi connectivity index (χ1) is 13.3. The Hall–Kier alpha value is -2.57. The average molecular weight is 387 g/mol. The molecule has 3 atom stereocenters. The van der Waals surface area contributed by atoms with Crippen LogP contribution in [0.1, 0.15) is 50.8 Å². The topological polar surface area (TPSA) is 55.3 Å². The minimum absolute atomic E-state index is 0.00636. The zero-order chi connectivity index (χ0) is 20.1. The predicted molar refractivity (Wildman–Crippen MR) is 99.9 cm³/mol. The second-order valence-electron chi connectivity index (χ2n) is 8.18. The van der Waals surface area contributed by atoms with Crippen LogP contribution in [0.25, 0.3) is 11.3 Å². The molecule has 0 radical (unpaired) electrons. The zero-order valence-corrected chi connectivity index (χ0v) is 16.2. The van der Waals surface area contributed by atoms with Crippen LogP contribution in [-0.4, -0.2) is 40.4 Å². The number of hydrogen-bond acceptors (Lipinski definition) is 4. The number of halogens is 2. The molecule has 1 aliphatic heterocycles. The van der Waals surface area contributed by atoms with Crippen LogP contribution in [-0.2, 0) is 10.2 Å². The first kappa shape index (κ1) is 18.8. The maximum atomic E-state index is 14.2. The first-order valence-corrected chi connectivity index (χ1v) is 9.56. The number of ether oxygens (including phenoxy) is 1. The molecule has 28 heavy (non-hydrogen) atoms. The second kappa shape index (κ2) is 6.79. The number of rotatable bonds is 3. The molecule has 0 bridgehead atoms. The van der Waals surface area contributed by atoms with Gasteiger partial charge in [-0.2, -0.15) is 10.2 Å². The zero-order valence-electron chi connectivity index (χ0n) is 16.2. The van der Waals surface area contributed by atoms with Gasteiger partial charge < -0.3 is 9.64 Å². The summed E-state index contributed by atoms with van der Waals surface area (Å²) in [7, 11) is 0. The van der Waals surface area contributed by atoms with Crippen LogP contribution in [0.5, 0.6) is 0 Å². The lowest BCUT2D eigenvalue weighted by Crippen LogP contribution is -2.45. The molecule has 2 heterocycles. The molecule has 0 saturated carbocycles. The number of cyclic esters (lactones) is 1. The summed E-state index contributed by atoms with van der Waals surface area (Å²) in [6.07, 6.45) is 1.43. The van der Waals surface area contributed by atoms with Crippen molar-refractivity contribution in [2.45, 2.75) is 51.0 Å². The number of carbonyl (C=O) groups is 1. The largest absolute Gasteiger partial charge is 0.447 e. The maximum Gasteiger partial charge on any atom is 0.410 e. The molecule has 2 aromatic rings. The number of benzene rings is 1. The highest BCUT2D eigenvalue weighted by molar-refractivity contribution is 5.70. The molecular formula is C21H23F2N3O2. The van der Waals surface area contributed by atoms with Crippen molar-refractivity contribution < 1.29 is 18.3 Å². The van der Waals surface area contributed by atoms with Crippen LogP contribution in [0.15, 0.2) is 24.3 Å². The van der Waals surface area contributed by atoms with Crippen LogP contribution in [0.2, 0.25) is 0 Å². The molecule has 1 fully saturated rings. The highest BCUT2D eigenvalue weighted by Crippen LogP contribution is 2.43. The molecule has 5 nitrogen and oxygen atoms in total. The minimum Gasteiger partial charge on any atom is -0.447 e. The van der Waals surface area contributed by atoms with E-state index in [-0.39, 0.29) is 29.3 Å². The van der Waals surface area contributed by atoms with Crippen molar-refractivity contribution in [2.75, 3.05) is 13.2 Å². The molecule has 0 N–H and O–H groups in total. The lowest BCUT2D eigenvalue weighted by atomic mass is 9.70. The second-order valence-corrected chi connectivity index (χ2v) is 8.18. The first-order valence-electron chi connectivity index (χ1n) is 9.56. The van der Waals surface area contributed by atoms with Gasteiger partial charge in [0, 0.05) is 12.0 Å². The summed E-state index contributed by atoms with van der Waals surface area (Å²) in [5.41, 5.74) is 1.37. The van der Waals surface area contributed by atoms with E-state index in [0.29, 0.717) is 13.2 Å². The smallest absolute Gasteiger partial charge is 0.410 e. The SMILES string of the molecule is C[C@@H]1COC(=O)N1C[C@@]1(C)CC[C@H](C)c2cc(-c3c(F)cccc3F)nnc21. The molecule has 0 spiro atoms. The molecule has 7 heteroatoms. The van der Waals surface area contributed by atoms with Crippen molar-refractivity contribution in [1.82, 2.24) is 15.1 Å². The predicted octanol–water partition coefficient (Wildman–Crippen LogP) is 4.42. The molecule has 1 aromatic heterocycles. The Morgan fingerprint density at radius 1 is 1.25 bits per heavy atom. The lowest BCUT2D eigenvalue weighted by molar-refractivity contribution is 0.146. The van der Waals surface area contributed by atoms with Crippen LogP contribution in [0.3, 0.4) is 0 Å². The van der Waals surface area contributed by atoms with E-state index in [2.05, 4.69) is 24.0 Å². The Labute approximate surface area is 162 Å². The van der Waals surface area contributed by atoms with E-state index < -0.39 is 17.0 Å². The van der Waals surface area contributed by atoms with Gasteiger partial charge in [-0.3, -0.25) is 0 Å². The van der Waals surface area contributed by atoms with Gasteiger partial charge in [-0.05, 0) is 49.4 Å². The summed E-state index contributed by atoms with van der Waals surface area (Å²) >= 11 is 0. The van der Waals surface area contributed by atoms with Gasteiger partial charge in [0.15, 0.2) is 0 Å². The van der Waals surface area contributed by atoms with E-state index in [1.54, 1.807) is 11.0 Å². The van der Waals surface area contributed by atoms with Gasteiger partial charge in [0.25, 0.3) is 0 Å². The molecule has 1 aromatic carbocycles. The van der Waals surface area contributed by atoms with Gasteiger partial charge in [-0.1, -0.05) is 19.9 Å². The fraction of sp³-hybridized carbons (Fsp3) is 0.476. The number of amides is 1. The van der Waals surface area contributed by atoms with E-state index in [1.807, 2.05) is 6.92 Å². The quantitative estimate of drug-likeness (QED) is 0.782. The van der Waals surface area contributed by atoms with Gasteiger partial charge in [0.2, 0.25) is 0 Å². The summed E-state index contributed by atoms with van der Waals surface area (Å²) in [6.45, 7) is 6.96. The molecular weight excluding hydrogens is 364 g/mol. The third kappa shape index (κ3) is 3.02. The van der Waals surface area contributed by atoms with Crippen molar-refractivity contribution in [3.63, 3.8) is 0 Å². The summed E-state index contributed by atoms with van der Waals surface area (Å²) in [6, 6.07) is 5.51. The van der Waals surface area contributed by atoms with Gasteiger partial charge in [0.05, 0.1) is 23.0 Å². The average Bonchev–Trinajstić information content (AvgIpc) is 2.97. The van der Waals surface area contributed by atoms with Crippen LogP contribution < -0.4 is 0 Å². The van der Waals surface area contributed by atoms with E-state index in [9.17, 15) is 13.6 Å². The van der Waals surface area contributed by atoms with Crippen molar-refractivity contribution in [2.24, 2.45) is 0 Å². The summed E-state index contributed by atoms with van der Waals surface area (Å²) in [4.78, 5) is 13.8. The highest BCUT2D eigenvalue weighted by atomic mass is 19.1.